The van der Waals surface area contributed by atoms with E-state index in [1.54, 1.807) is 13.8 Å². The van der Waals surface area contributed by atoms with E-state index in [4.69, 9.17) is 0 Å². The molecule has 106 valence electrons. The van der Waals surface area contributed by atoms with E-state index in [0.29, 0.717) is 13.1 Å². The first kappa shape index (κ1) is 16.9. The number of nitrogens with one attached hydrogen (secondary N) is 2. The zero-order valence-corrected chi connectivity index (χ0v) is 12.3. The molecule has 0 aliphatic rings. The number of hydrogen-bond donors (Lipinski definition) is 2. The fourth-order valence-corrected chi connectivity index (χ4v) is 1.38. The molecule has 0 fully saturated rings. The van der Waals surface area contributed by atoms with Gasteiger partial charge in [-0.15, -0.1) is 0 Å². The Morgan fingerprint density at radius 2 is 1.56 bits per heavy atom. The van der Waals surface area contributed by atoms with Crippen molar-refractivity contribution in [1.29, 1.82) is 0 Å². The number of nitrogens with zero attached hydrogens (tertiary/aromatic N) is 1. The molecule has 0 bridgehead atoms. The number of carbonyl (C=O) groups is 2. The van der Waals surface area contributed by atoms with Gasteiger partial charge in [0, 0.05) is 13.1 Å². The Morgan fingerprint density at radius 3 is 2.00 bits per heavy atom. The maximum absolute atomic E-state index is 11.9. The summed E-state index contributed by atoms with van der Waals surface area (Å²) in [4.78, 5) is 25.8. The second kappa shape index (κ2) is 8.08. The number of rotatable bonds is 8. The molecule has 5 heteroatoms. The highest BCUT2D eigenvalue weighted by atomic mass is 16.2. The van der Waals surface area contributed by atoms with Crippen LogP contribution in [0.15, 0.2) is 0 Å². The van der Waals surface area contributed by atoms with Crippen LogP contribution in [0, 0.1) is 5.41 Å². The minimum absolute atomic E-state index is 0.213. The molecule has 0 aromatic rings. The minimum Gasteiger partial charge on any atom is -0.355 e. The normalized spacial score (nSPS) is 11.4. The van der Waals surface area contributed by atoms with E-state index in [-0.39, 0.29) is 11.8 Å². The maximum Gasteiger partial charge on any atom is 0.235 e. The van der Waals surface area contributed by atoms with E-state index in [9.17, 15) is 9.59 Å². The lowest BCUT2D eigenvalue weighted by molar-refractivity contribution is -0.141. The van der Waals surface area contributed by atoms with Crippen LogP contribution in [0.4, 0.5) is 0 Å². The van der Waals surface area contributed by atoms with Crippen molar-refractivity contribution in [1.82, 2.24) is 15.5 Å². The van der Waals surface area contributed by atoms with Crippen LogP contribution in [0.5, 0.6) is 0 Å². The first-order chi connectivity index (χ1) is 8.32. The lowest BCUT2D eigenvalue weighted by Crippen LogP contribution is -2.48. The Labute approximate surface area is 110 Å². The predicted molar refractivity (Wildman–Crippen MR) is 73.3 cm³/mol. The highest BCUT2D eigenvalue weighted by Crippen LogP contribution is 2.15. The summed E-state index contributed by atoms with van der Waals surface area (Å²) in [5.41, 5.74) is -1.01. The van der Waals surface area contributed by atoms with Crippen molar-refractivity contribution < 1.29 is 9.59 Å². The molecule has 0 atom stereocenters. The van der Waals surface area contributed by atoms with Gasteiger partial charge in [-0.1, -0.05) is 6.92 Å². The summed E-state index contributed by atoms with van der Waals surface area (Å²) in [6, 6.07) is 0. The number of amides is 2. The van der Waals surface area contributed by atoms with Crippen molar-refractivity contribution in [2.75, 3.05) is 33.7 Å². The zero-order valence-electron chi connectivity index (χ0n) is 12.3. The lowest BCUT2D eigenvalue weighted by Gasteiger charge is -2.22. The second-order valence-corrected chi connectivity index (χ2v) is 5.29. The summed E-state index contributed by atoms with van der Waals surface area (Å²) in [7, 11) is 3.98. The molecule has 0 aliphatic heterocycles. The predicted octanol–water partition coefficient (Wildman–Crippen LogP) is 0.607. The van der Waals surface area contributed by atoms with Gasteiger partial charge >= 0.3 is 0 Å². The third-order valence-corrected chi connectivity index (χ3v) is 2.74. The van der Waals surface area contributed by atoms with Gasteiger partial charge in [-0.25, -0.2) is 0 Å². The van der Waals surface area contributed by atoms with Gasteiger partial charge in [0.05, 0.1) is 0 Å². The van der Waals surface area contributed by atoms with E-state index in [1.165, 1.54) is 0 Å². The monoisotopic (exact) mass is 257 g/mol. The maximum atomic E-state index is 11.9. The van der Waals surface area contributed by atoms with Crippen LogP contribution in [0.2, 0.25) is 0 Å². The number of hydrogen-bond acceptors (Lipinski definition) is 3. The average Bonchev–Trinajstić information content (AvgIpc) is 2.30. The van der Waals surface area contributed by atoms with Crippen molar-refractivity contribution in [3.63, 3.8) is 0 Å². The largest absolute Gasteiger partial charge is 0.355 e. The highest BCUT2D eigenvalue weighted by molar-refractivity contribution is 6.04. The van der Waals surface area contributed by atoms with Gasteiger partial charge in [0.15, 0.2) is 0 Å². The quantitative estimate of drug-likeness (QED) is 0.494. The topological polar surface area (TPSA) is 61.4 Å². The molecule has 0 saturated carbocycles. The van der Waals surface area contributed by atoms with E-state index >= 15 is 0 Å². The molecular weight excluding hydrogens is 230 g/mol. The Bertz CT molecular complexity index is 275. The average molecular weight is 257 g/mol. The Hall–Kier alpha value is -1.10. The Morgan fingerprint density at radius 1 is 1.06 bits per heavy atom. The Balaban J connectivity index is 4.09. The van der Waals surface area contributed by atoms with Crippen LogP contribution in [0.25, 0.3) is 0 Å². The molecule has 18 heavy (non-hydrogen) atoms. The summed E-state index contributed by atoms with van der Waals surface area (Å²) in [5, 5.41) is 5.56. The van der Waals surface area contributed by atoms with Gasteiger partial charge in [-0.05, 0) is 47.3 Å². The van der Waals surface area contributed by atoms with Crippen LogP contribution < -0.4 is 10.6 Å². The molecule has 0 aliphatic carbocycles. The molecule has 5 nitrogen and oxygen atoms in total. The molecule has 2 amide bonds. The second-order valence-electron chi connectivity index (χ2n) is 5.29. The molecule has 0 unspecified atom stereocenters. The lowest BCUT2D eigenvalue weighted by atomic mass is 9.91. The smallest absolute Gasteiger partial charge is 0.235 e. The zero-order chi connectivity index (χ0) is 14.2. The molecule has 0 spiro atoms. The van der Waals surface area contributed by atoms with Crippen LogP contribution in [-0.2, 0) is 9.59 Å². The standard InChI is InChI=1S/C13H27N3O2/c1-6-8-14-11(17)13(2,3)12(18)15-9-7-10-16(4)5/h6-10H2,1-5H3,(H,14,17)(H,15,18). The van der Waals surface area contributed by atoms with E-state index in [2.05, 4.69) is 15.5 Å². The fraction of sp³-hybridized carbons (Fsp3) is 0.846. The summed E-state index contributed by atoms with van der Waals surface area (Å²) in [5.74, 6) is -0.427. The van der Waals surface area contributed by atoms with Crippen LogP contribution in [0.1, 0.15) is 33.6 Å². The van der Waals surface area contributed by atoms with Crippen molar-refractivity contribution in [3.05, 3.63) is 0 Å². The summed E-state index contributed by atoms with van der Waals surface area (Å²) < 4.78 is 0. The van der Waals surface area contributed by atoms with Gasteiger partial charge in [-0.3, -0.25) is 9.59 Å². The first-order valence-electron chi connectivity index (χ1n) is 6.53. The number of carbonyl (C=O) groups excluding carboxylic acids is 2. The fourth-order valence-electron chi connectivity index (χ4n) is 1.38. The van der Waals surface area contributed by atoms with Gasteiger partial charge < -0.3 is 15.5 Å². The Kier molecular flexibility index (Phi) is 7.59. The molecular formula is C13H27N3O2. The van der Waals surface area contributed by atoms with Crippen LogP contribution in [0.3, 0.4) is 0 Å². The first-order valence-corrected chi connectivity index (χ1v) is 6.53. The van der Waals surface area contributed by atoms with E-state index in [1.807, 2.05) is 21.0 Å². The molecule has 2 N–H and O–H groups in total. The van der Waals surface area contributed by atoms with E-state index < -0.39 is 5.41 Å². The molecule has 0 heterocycles. The van der Waals surface area contributed by atoms with Crippen molar-refractivity contribution in [2.45, 2.75) is 33.6 Å². The van der Waals surface area contributed by atoms with Crippen LogP contribution in [-0.4, -0.2) is 50.4 Å². The molecule has 0 rings (SSSR count). The molecule has 0 aromatic heterocycles. The van der Waals surface area contributed by atoms with Gasteiger partial charge in [-0.2, -0.15) is 0 Å². The minimum atomic E-state index is -1.01. The van der Waals surface area contributed by atoms with Gasteiger partial charge in [0.2, 0.25) is 11.8 Å². The van der Waals surface area contributed by atoms with E-state index in [0.717, 1.165) is 19.4 Å². The van der Waals surface area contributed by atoms with Crippen molar-refractivity contribution in [2.24, 2.45) is 5.41 Å². The molecule has 0 saturated heterocycles. The molecule has 0 aromatic carbocycles. The third kappa shape index (κ3) is 6.00. The highest BCUT2D eigenvalue weighted by Gasteiger charge is 2.35. The van der Waals surface area contributed by atoms with Crippen molar-refractivity contribution in [3.8, 4) is 0 Å². The van der Waals surface area contributed by atoms with Crippen LogP contribution >= 0.6 is 0 Å². The van der Waals surface area contributed by atoms with Crippen molar-refractivity contribution >= 4 is 11.8 Å². The van der Waals surface area contributed by atoms with Gasteiger partial charge in [0.25, 0.3) is 0 Å². The summed E-state index contributed by atoms with van der Waals surface area (Å²) in [6.45, 7) is 7.41. The summed E-state index contributed by atoms with van der Waals surface area (Å²) in [6.07, 6.45) is 1.75. The SMILES string of the molecule is CCCNC(=O)C(C)(C)C(=O)NCCCN(C)C. The molecule has 0 radical (unpaired) electrons. The third-order valence-electron chi connectivity index (χ3n) is 2.74. The summed E-state index contributed by atoms with van der Waals surface area (Å²) >= 11 is 0. The van der Waals surface area contributed by atoms with Gasteiger partial charge in [0.1, 0.15) is 5.41 Å².